The van der Waals surface area contributed by atoms with Gasteiger partial charge in [-0.25, -0.2) is 0 Å². The molecule has 0 saturated carbocycles. The molecule has 2 aromatic carbocycles. The first-order valence-electron chi connectivity index (χ1n) is 3.82. The Morgan fingerprint density at radius 3 is 2.25 bits per heavy atom. The van der Waals surface area contributed by atoms with Crippen molar-refractivity contribution >= 4 is 10.8 Å². The van der Waals surface area contributed by atoms with E-state index < -0.39 is 0 Å². The molecule has 0 N–H and O–H groups in total. The van der Waals surface area contributed by atoms with Gasteiger partial charge < -0.3 is 0 Å². The molecule has 0 atom stereocenters. The average molecular weight is 165 g/mol. The Hall–Kier alpha value is -0.300. The maximum Gasteiger partial charge on any atom is 1.00 e. The molecule has 2 aromatic rings. The fraction of sp³-hybridized carbons (Fsp3) is 0.0909. The van der Waals surface area contributed by atoms with Gasteiger partial charge in [0.2, 0.25) is 0 Å². The Balaban J connectivity index is 0.000000720. The molecule has 0 heterocycles. The maximum absolute atomic E-state index is 2.16. The van der Waals surface area contributed by atoms with Crippen molar-refractivity contribution in [3.8, 4) is 0 Å². The van der Waals surface area contributed by atoms with Crippen LogP contribution in [0.25, 0.3) is 10.8 Å². The topological polar surface area (TPSA) is 0 Å². The molecule has 0 spiro atoms. The molecule has 0 radical (unpaired) electrons. The third-order valence-corrected chi connectivity index (χ3v) is 2.01. The van der Waals surface area contributed by atoms with E-state index >= 15 is 0 Å². The fourth-order valence-electron chi connectivity index (χ4n) is 1.39. The molecule has 0 bridgehead atoms. The summed E-state index contributed by atoms with van der Waals surface area (Å²) in [6, 6.07) is 14.8. The molecule has 2 rings (SSSR count). The number of rotatable bonds is 0. The van der Waals surface area contributed by atoms with Crippen LogP contribution in [0.3, 0.4) is 0 Å². The number of hydrogen-bond acceptors (Lipinski definition) is 0. The van der Waals surface area contributed by atoms with E-state index in [1.807, 2.05) is 0 Å². The van der Waals surface area contributed by atoms with Gasteiger partial charge in [0.05, 0.1) is 0 Å². The average Bonchev–Trinajstić information content (AvgIpc) is 2.06. The minimum Gasteiger partial charge on any atom is -0.0616 e. The summed E-state index contributed by atoms with van der Waals surface area (Å²) in [6.07, 6.45) is 0. The minimum atomic E-state index is 0. The summed E-state index contributed by atoms with van der Waals surface area (Å²) in [6.45, 7) is 2.14. The Bertz CT molecular complexity index is 374. The summed E-state index contributed by atoms with van der Waals surface area (Å²) in [5, 5.41) is 2.68. The molecule has 0 aliphatic rings. The van der Waals surface area contributed by atoms with Gasteiger partial charge in [0, 0.05) is 0 Å². The van der Waals surface area contributed by atoms with Crippen LogP contribution in [0.5, 0.6) is 0 Å². The second-order valence-corrected chi connectivity index (χ2v) is 2.80. The van der Waals surface area contributed by atoms with Gasteiger partial charge >= 0.3 is 29.6 Å². The molecule has 1 heteroatoms. The molecule has 54 valence electrons. The first-order valence-corrected chi connectivity index (χ1v) is 3.82. The Morgan fingerprint density at radius 1 is 0.833 bits per heavy atom. The van der Waals surface area contributed by atoms with Crippen LogP contribution in [0.15, 0.2) is 42.5 Å². The largest absolute Gasteiger partial charge is 1.00 e. The fourth-order valence-corrected chi connectivity index (χ4v) is 1.39. The van der Waals surface area contributed by atoms with Crippen LogP contribution in [0.4, 0.5) is 0 Å². The molecule has 0 saturated heterocycles. The molecule has 0 unspecified atom stereocenters. The third kappa shape index (κ3) is 1.71. The van der Waals surface area contributed by atoms with Crippen molar-refractivity contribution in [2.24, 2.45) is 0 Å². The molecule has 0 aliphatic heterocycles. The van der Waals surface area contributed by atoms with Crippen molar-refractivity contribution in [1.82, 2.24) is 0 Å². The summed E-state index contributed by atoms with van der Waals surface area (Å²) >= 11 is 0. The smallest absolute Gasteiger partial charge is 0.0616 e. The zero-order chi connectivity index (χ0) is 7.68. The molecule has 0 fully saturated rings. The van der Waals surface area contributed by atoms with Crippen LogP contribution in [-0.4, -0.2) is 0 Å². The monoisotopic (exact) mass is 165 g/mol. The molecular weight excluding hydrogens is 155 g/mol. The van der Waals surface area contributed by atoms with Gasteiger partial charge in [-0.3, -0.25) is 0 Å². The number of aryl methyl sites for hydroxylation is 1. The van der Waals surface area contributed by atoms with Gasteiger partial charge in [-0.1, -0.05) is 42.5 Å². The molecule has 0 aliphatic carbocycles. The summed E-state index contributed by atoms with van der Waals surface area (Å²) in [4.78, 5) is 0. The Morgan fingerprint density at radius 2 is 1.50 bits per heavy atom. The van der Waals surface area contributed by atoms with Gasteiger partial charge in [0.25, 0.3) is 0 Å². The normalized spacial score (nSPS) is 9.42. The van der Waals surface area contributed by atoms with Crippen molar-refractivity contribution in [1.29, 1.82) is 0 Å². The van der Waals surface area contributed by atoms with E-state index in [1.165, 1.54) is 16.3 Å². The first-order chi connectivity index (χ1) is 5.38. The van der Waals surface area contributed by atoms with Gasteiger partial charge in [0.1, 0.15) is 0 Å². The zero-order valence-corrected chi connectivity index (χ0v) is 9.54. The van der Waals surface area contributed by atoms with Gasteiger partial charge in [0.15, 0.2) is 0 Å². The van der Waals surface area contributed by atoms with E-state index in [9.17, 15) is 0 Å². The van der Waals surface area contributed by atoms with Gasteiger partial charge in [-0.15, -0.1) is 0 Å². The predicted molar refractivity (Wildman–Crippen MR) is 48.7 cm³/mol. The van der Waals surface area contributed by atoms with Crippen LogP contribution in [0.1, 0.15) is 5.56 Å². The SMILES string of the molecule is Cc1cccc2ccccc12.[Na+]. The van der Waals surface area contributed by atoms with Crippen LogP contribution in [0, 0.1) is 6.92 Å². The van der Waals surface area contributed by atoms with E-state index in [1.54, 1.807) is 0 Å². The summed E-state index contributed by atoms with van der Waals surface area (Å²) in [7, 11) is 0. The Labute approximate surface area is 94.9 Å². The molecule has 12 heavy (non-hydrogen) atoms. The number of fused-ring (bicyclic) bond motifs is 1. The van der Waals surface area contributed by atoms with Crippen molar-refractivity contribution in [3.63, 3.8) is 0 Å². The number of hydrogen-bond donors (Lipinski definition) is 0. The summed E-state index contributed by atoms with van der Waals surface area (Å²) < 4.78 is 0. The third-order valence-electron chi connectivity index (χ3n) is 2.01. The number of benzene rings is 2. The zero-order valence-electron chi connectivity index (χ0n) is 7.54. The maximum atomic E-state index is 2.16. The van der Waals surface area contributed by atoms with Crippen LogP contribution < -0.4 is 29.6 Å². The van der Waals surface area contributed by atoms with Gasteiger partial charge in [-0.2, -0.15) is 0 Å². The van der Waals surface area contributed by atoms with E-state index in [-0.39, 0.29) is 29.6 Å². The first kappa shape index (κ1) is 9.79. The van der Waals surface area contributed by atoms with Crippen molar-refractivity contribution in [2.45, 2.75) is 6.92 Å². The molecular formula is C11H10Na+. The second kappa shape index (κ2) is 4.08. The molecule has 0 aromatic heterocycles. The van der Waals surface area contributed by atoms with E-state index in [0.717, 1.165) is 0 Å². The van der Waals surface area contributed by atoms with Crippen molar-refractivity contribution in [3.05, 3.63) is 48.0 Å². The van der Waals surface area contributed by atoms with E-state index in [4.69, 9.17) is 0 Å². The minimum absolute atomic E-state index is 0. The second-order valence-electron chi connectivity index (χ2n) is 2.80. The summed E-state index contributed by atoms with van der Waals surface area (Å²) in [5.41, 5.74) is 1.35. The van der Waals surface area contributed by atoms with E-state index in [2.05, 4.69) is 49.4 Å². The van der Waals surface area contributed by atoms with Crippen molar-refractivity contribution < 1.29 is 29.6 Å². The van der Waals surface area contributed by atoms with Crippen LogP contribution in [-0.2, 0) is 0 Å². The molecule has 0 amide bonds. The van der Waals surface area contributed by atoms with Crippen LogP contribution >= 0.6 is 0 Å². The Kier molecular flexibility index (Phi) is 3.33. The van der Waals surface area contributed by atoms with Gasteiger partial charge in [-0.05, 0) is 23.3 Å². The van der Waals surface area contributed by atoms with Crippen molar-refractivity contribution in [2.75, 3.05) is 0 Å². The molecule has 0 nitrogen and oxygen atoms in total. The summed E-state index contributed by atoms with van der Waals surface area (Å²) in [5.74, 6) is 0. The van der Waals surface area contributed by atoms with Crippen LogP contribution in [0.2, 0.25) is 0 Å². The predicted octanol–water partition coefficient (Wildman–Crippen LogP) is 0.152. The van der Waals surface area contributed by atoms with E-state index in [0.29, 0.717) is 0 Å². The quantitative estimate of drug-likeness (QED) is 0.487. The standard InChI is InChI=1S/C11H10.Na/c1-9-5-4-7-10-6-2-3-8-11(9)10;/h2-8H,1H3;/q;+1.